The van der Waals surface area contributed by atoms with E-state index in [-0.39, 0.29) is 11.5 Å². The smallest absolute Gasteiger partial charge is 0.0621 e. The summed E-state index contributed by atoms with van der Waals surface area (Å²) in [4.78, 5) is 0. The van der Waals surface area contributed by atoms with E-state index in [1.807, 2.05) is 0 Å². The van der Waals surface area contributed by atoms with E-state index >= 15 is 0 Å². The quantitative estimate of drug-likeness (QED) is 0.735. The van der Waals surface area contributed by atoms with E-state index in [1.165, 1.54) is 12.8 Å². The number of nitrogens with one attached hydrogen (secondary N) is 1. The molecule has 1 fully saturated rings. The molecule has 0 radical (unpaired) electrons. The summed E-state index contributed by atoms with van der Waals surface area (Å²) in [6.07, 6.45) is 3.32. The fourth-order valence-corrected chi connectivity index (χ4v) is 2.20. The Balaban J connectivity index is 2.25. The van der Waals surface area contributed by atoms with E-state index in [0.29, 0.717) is 12.1 Å². The number of hydrogen-bond donors (Lipinski definition) is 2. The van der Waals surface area contributed by atoms with Crippen LogP contribution in [0.15, 0.2) is 0 Å². The molecule has 0 spiro atoms. The second kappa shape index (κ2) is 4.84. The molecule has 0 saturated heterocycles. The van der Waals surface area contributed by atoms with Gasteiger partial charge in [0.05, 0.1) is 6.10 Å². The van der Waals surface area contributed by atoms with Crippen molar-refractivity contribution in [1.82, 2.24) is 5.32 Å². The lowest BCUT2D eigenvalue weighted by molar-refractivity contribution is -0.0756. The zero-order chi connectivity index (χ0) is 11.6. The highest BCUT2D eigenvalue weighted by atomic mass is 16.3. The molecule has 0 aromatic rings. The molecule has 0 aromatic carbocycles. The molecule has 1 aliphatic carbocycles. The van der Waals surface area contributed by atoms with Crippen molar-refractivity contribution in [2.24, 2.45) is 11.3 Å². The Morgan fingerprint density at radius 1 is 1.27 bits per heavy atom. The third kappa shape index (κ3) is 3.18. The van der Waals surface area contributed by atoms with Gasteiger partial charge in [-0.1, -0.05) is 27.7 Å². The Kier molecular flexibility index (Phi) is 4.19. The molecule has 0 aliphatic heterocycles. The molecule has 0 bridgehead atoms. The van der Waals surface area contributed by atoms with Gasteiger partial charge in [-0.05, 0) is 32.1 Å². The van der Waals surface area contributed by atoms with E-state index in [0.717, 1.165) is 12.3 Å². The summed E-state index contributed by atoms with van der Waals surface area (Å²) in [5, 5.41) is 13.3. The Morgan fingerprint density at radius 2 is 1.87 bits per heavy atom. The van der Waals surface area contributed by atoms with Gasteiger partial charge in [-0.3, -0.25) is 0 Å². The normalized spacial score (nSPS) is 31.4. The summed E-state index contributed by atoms with van der Waals surface area (Å²) in [7, 11) is 0. The van der Waals surface area contributed by atoms with E-state index in [2.05, 4.69) is 39.9 Å². The standard InChI is InChI=1S/C13H27NO/c1-9(2)6-7-10(3)14-11-8-12(15)13(11,4)5/h9-12,14-15H,6-8H2,1-5H3. The van der Waals surface area contributed by atoms with E-state index in [4.69, 9.17) is 0 Å². The van der Waals surface area contributed by atoms with Crippen LogP contribution >= 0.6 is 0 Å². The van der Waals surface area contributed by atoms with Crippen LogP contribution in [-0.4, -0.2) is 23.3 Å². The van der Waals surface area contributed by atoms with Crippen molar-refractivity contribution < 1.29 is 5.11 Å². The Morgan fingerprint density at radius 3 is 2.27 bits per heavy atom. The largest absolute Gasteiger partial charge is 0.392 e. The highest BCUT2D eigenvalue weighted by molar-refractivity contribution is 5.02. The first-order chi connectivity index (χ1) is 6.84. The molecule has 1 saturated carbocycles. The van der Waals surface area contributed by atoms with Crippen molar-refractivity contribution in [3.05, 3.63) is 0 Å². The zero-order valence-corrected chi connectivity index (χ0v) is 10.9. The minimum Gasteiger partial charge on any atom is -0.392 e. The fraction of sp³-hybridized carbons (Fsp3) is 1.00. The molecule has 3 unspecified atom stereocenters. The monoisotopic (exact) mass is 213 g/mol. The highest BCUT2D eigenvalue weighted by Gasteiger charge is 2.47. The van der Waals surface area contributed by atoms with Crippen LogP contribution in [0.1, 0.15) is 53.9 Å². The van der Waals surface area contributed by atoms with Gasteiger partial charge in [0.2, 0.25) is 0 Å². The van der Waals surface area contributed by atoms with Gasteiger partial charge < -0.3 is 10.4 Å². The molecule has 15 heavy (non-hydrogen) atoms. The van der Waals surface area contributed by atoms with Crippen LogP contribution in [0.3, 0.4) is 0 Å². The second-order valence-corrected chi connectivity index (χ2v) is 6.16. The molecule has 0 heterocycles. The maximum Gasteiger partial charge on any atom is 0.0621 e. The summed E-state index contributed by atoms with van der Waals surface area (Å²) in [6, 6.07) is 1.07. The molecule has 3 atom stereocenters. The summed E-state index contributed by atoms with van der Waals surface area (Å²) in [6.45, 7) is 11.1. The van der Waals surface area contributed by atoms with Crippen LogP contribution in [0.2, 0.25) is 0 Å². The lowest BCUT2D eigenvalue weighted by atomic mass is 9.64. The zero-order valence-electron chi connectivity index (χ0n) is 10.9. The molecule has 90 valence electrons. The van der Waals surface area contributed by atoms with Crippen molar-refractivity contribution in [2.75, 3.05) is 0 Å². The Bertz CT molecular complexity index is 201. The summed E-state index contributed by atoms with van der Waals surface area (Å²) >= 11 is 0. The molecular formula is C13H27NO. The number of aliphatic hydroxyl groups excluding tert-OH is 1. The van der Waals surface area contributed by atoms with Gasteiger partial charge in [0.1, 0.15) is 0 Å². The topological polar surface area (TPSA) is 32.3 Å². The van der Waals surface area contributed by atoms with Crippen LogP contribution in [-0.2, 0) is 0 Å². The van der Waals surface area contributed by atoms with Crippen LogP contribution in [0.25, 0.3) is 0 Å². The maximum absolute atomic E-state index is 9.64. The lowest BCUT2D eigenvalue weighted by Crippen LogP contribution is -2.61. The molecule has 2 nitrogen and oxygen atoms in total. The third-order valence-electron chi connectivity index (χ3n) is 3.88. The van der Waals surface area contributed by atoms with Gasteiger partial charge in [0.25, 0.3) is 0 Å². The Hall–Kier alpha value is -0.0800. The van der Waals surface area contributed by atoms with Gasteiger partial charge in [0, 0.05) is 17.5 Å². The average molecular weight is 213 g/mol. The van der Waals surface area contributed by atoms with Gasteiger partial charge in [-0.2, -0.15) is 0 Å². The average Bonchev–Trinajstić information content (AvgIpc) is 2.14. The number of rotatable bonds is 5. The van der Waals surface area contributed by atoms with Gasteiger partial charge in [0.15, 0.2) is 0 Å². The van der Waals surface area contributed by atoms with Crippen LogP contribution in [0.4, 0.5) is 0 Å². The molecule has 1 aliphatic rings. The number of aliphatic hydroxyl groups is 1. The first-order valence-electron chi connectivity index (χ1n) is 6.28. The van der Waals surface area contributed by atoms with Crippen LogP contribution in [0.5, 0.6) is 0 Å². The summed E-state index contributed by atoms with van der Waals surface area (Å²) in [5.41, 5.74) is 0.0616. The first-order valence-corrected chi connectivity index (χ1v) is 6.28. The van der Waals surface area contributed by atoms with Crippen LogP contribution < -0.4 is 5.32 Å². The molecule has 1 rings (SSSR count). The molecular weight excluding hydrogens is 186 g/mol. The summed E-state index contributed by atoms with van der Waals surface area (Å²) < 4.78 is 0. The predicted molar refractivity (Wildman–Crippen MR) is 64.9 cm³/mol. The van der Waals surface area contributed by atoms with Crippen molar-refractivity contribution in [2.45, 2.75) is 72.1 Å². The third-order valence-corrected chi connectivity index (χ3v) is 3.88. The van der Waals surface area contributed by atoms with E-state index < -0.39 is 0 Å². The van der Waals surface area contributed by atoms with Crippen molar-refractivity contribution in [3.8, 4) is 0 Å². The van der Waals surface area contributed by atoms with Crippen molar-refractivity contribution in [1.29, 1.82) is 0 Å². The second-order valence-electron chi connectivity index (χ2n) is 6.16. The van der Waals surface area contributed by atoms with Gasteiger partial charge in [-0.25, -0.2) is 0 Å². The molecule has 2 N–H and O–H groups in total. The first kappa shape index (κ1) is 13.0. The fourth-order valence-electron chi connectivity index (χ4n) is 2.20. The van der Waals surface area contributed by atoms with Gasteiger partial charge >= 0.3 is 0 Å². The van der Waals surface area contributed by atoms with Gasteiger partial charge in [-0.15, -0.1) is 0 Å². The highest BCUT2D eigenvalue weighted by Crippen LogP contribution is 2.40. The van der Waals surface area contributed by atoms with E-state index in [9.17, 15) is 5.11 Å². The SMILES string of the molecule is CC(C)CCC(C)NC1CC(O)C1(C)C. The molecule has 2 heteroatoms. The molecule has 0 amide bonds. The van der Waals surface area contributed by atoms with E-state index in [1.54, 1.807) is 0 Å². The minimum atomic E-state index is -0.118. The summed E-state index contributed by atoms with van der Waals surface area (Å²) in [5.74, 6) is 0.786. The Labute approximate surface area is 94.5 Å². The maximum atomic E-state index is 9.64. The predicted octanol–water partition coefficient (Wildman–Crippen LogP) is 2.56. The van der Waals surface area contributed by atoms with Crippen molar-refractivity contribution in [3.63, 3.8) is 0 Å². The number of hydrogen-bond acceptors (Lipinski definition) is 2. The van der Waals surface area contributed by atoms with Crippen LogP contribution in [0, 0.1) is 11.3 Å². The molecule has 0 aromatic heterocycles. The lowest BCUT2D eigenvalue weighted by Gasteiger charge is -2.50. The van der Waals surface area contributed by atoms with Crippen molar-refractivity contribution >= 4 is 0 Å². The minimum absolute atomic E-state index is 0.0616.